The zero-order valence-corrected chi connectivity index (χ0v) is 11.9. The maximum absolute atomic E-state index is 14.0. The molecule has 0 spiro atoms. The van der Waals surface area contributed by atoms with Crippen LogP contribution in [0.4, 0.5) is 13.2 Å². The van der Waals surface area contributed by atoms with E-state index >= 15 is 0 Å². The lowest BCUT2D eigenvalue weighted by atomic mass is 9.88. The fourth-order valence-corrected chi connectivity index (χ4v) is 2.46. The van der Waals surface area contributed by atoms with Crippen LogP contribution in [0.25, 0.3) is 0 Å². The molecule has 1 aromatic carbocycles. The van der Waals surface area contributed by atoms with Crippen LogP contribution in [0.1, 0.15) is 36.9 Å². The number of nitrogens with one attached hydrogen (secondary N) is 1. The van der Waals surface area contributed by atoms with Gasteiger partial charge in [-0.05, 0) is 24.2 Å². The van der Waals surface area contributed by atoms with Crippen LogP contribution in [0, 0.1) is 17.5 Å². The molecule has 0 fully saturated rings. The molecule has 2 nitrogen and oxygen atoms in total. The topological polar surface area (TPSA) is 24.9 Å². The summed E-state index contributed by atoms with van der Waals surface area (Å²) in [7, 11) is 0. The highest BCUT2D eigenvalue weighted by atomic mass is 19.1. The van der Waals surface area contributed by atoms with Gasteiger partial charge < -0.3 is 5.32 Å². The van der Waals surface area contributed by atoms with E-state index in [-0.39, 0.29) is 11.5 Å². The Morgan fingerprint density at radius 2 is 1.67 bits per heavy atom. The minimum atomic E-state index is -0.916. The summed E-state index contributed by atoms with van der Waals surface area (Å²) in [6.07, 6.45) is 3.26. The Bertz CT molecular complexity index is 579. The highest BCUT2D eigenvalue weighted by molar-refractivity contribution is 5.29. The van der Waals surface area contributed by atoms with Crippen molar-refractivity contribution in [3.8, 4) is 0 Å². The quantitative estimate of drug-likeness (QED) is 0.903. The van der Waals surface area contributed by atoms with E-state index in [1.807, 2.05) is 13.8 Å². The molecule has 0 saturated heterocycles. The van der Waals surface area contributed by atoms with Crippen molar-refractivity contribution in [1.82, 2.24) is 10.3 Å². The average molecular weight is 294 g/mol. The van der Waals surface area contributed by atoms with Crippen molar-refractivity contribution < 1.29 is 13.2 Å². The molecule has 21 heavy (non-hydrogen) atoms. The predicted molar refractivity (Wildman–Crippen MR) is 75.4 cm³/mol. The molecule has 0 saturated carbocycles. The molecular weight excluding hydrogens is 277 g/mol. The second-order valence-electron chi connectivity index (χ2n) is 4.89. The summed E-state index contributed by atoms with van der Waals surface area (Å²) in [6, 6.07) is 4.44. The first-order valence-corrected chi connectivity index (χ1v) is 6.82. The monoisotopic (exact) mass is 294 g/mol. The van der Waals surface area contributed by atoms with E-state index in [0.717, 1.165) is 5.56 Å². The van der Waals surface area contributed by atoms with E-state index in [1.165, 1.54) is 0 Å². The number of nitrogens with zero attached hydrogens (tertiary/aromatic N) is 1. The van der Waals surface area contributed by atoms with Crippen LogP contribution in [0.3, 0.4) is 0 Å². The molecular formula is C16H17F3N2. The molecule has 2 rings (SSSR count). The molecule has 0 aliphatic carbocycles. The summed E-state index contributed by atoms with van der Waals surface area (Å²) in [5.74, 6) is -2.86. The van der Waals surface area contributed by atoms with Gasteiger partial charge in [-0.15, -0.1) is 0 Å². The maximum Gasteiger partial charge on any atom is 0.133 e. The van der Waals surface area contributed by atoms with Gasteiger partial charge in [0.1, 0.15) is 17.5 Å². The van der Waals surface area contributed by atoms with Gasteiger partial charge in [-0.3, -0.25) is 4.98 Å². The SMILES string of the molecule is CCNC(c1c(F)cc(F)cc1F)C(C)c1ccncc1. The van der Waals surface area contributed by atoms with E-state index in [0.29, 0.717) is 18.7 Å². The zero-order chi connectivity index (χ0) is 15.4. The summed E-state index contributed by atoms with van der Waals surface area (Å²) in [6.45, 7) is 4.26. The minimum absolute atomic E-state index is 0.137. The first-order chi connectivity index (χ1) is 10.0. The van der Waals surface area contributed by atoms with E-state index in [4.69, 9.17) is 0 Å². The number of halogens is 3. The summed E-state index contributed by atoms with van der Waals surface area (Å²) in [4.78, 5) is 3.93. The van der Waals surface area contributed by atoms with Crippen molar-refractivity contribution >= 4 is 0 Å². The second-order valence-corrected chi connectivity index (χ2v) is 4.89. The Kier molecular flexibility index (Phi) is 4.96. The van der Waals surface area contributed by atoms with Crippen LogP contribution in [-0.4, -0.2) is 11.5 Å². The summed E-state index contributed by atoms with van der Waals surface area (Å²) < 4.78 is 41.1. The normalized spacial score (nSPS) is 14.0. The molecule has 1 aromatic heterocycles. The third-order valence-electron chi connectivity index (χ3n) is 3.51. The third kappa shape index (κ3) is 3.42. The van der Waals surface area contributed by atoms with Gasteiger partial charge in [0, 0.05) is 42.0 Å². The standard InChI is InChI=1S/C16H17F3N2/c1-3-21-16(10(2)11-4-6-20-7-5-11)15-13(18)8-12(17)9-14(15)19/h4-10,16,21H,3H2,1-2H3. The Hall–Kier alpha value is -1.88. The van der Waals surface area contributed by atoms with Gasteiger partial charge in [0.05, 0.1) is 0 Å². The second kappa shape index (κ2) is 6.72. The van der Waals surface area contributed by atoms with E-state index < -0.39 is 23.5 Å². The van der Waals surface area contributed by atoms with Gasteiger partial charge in [-0.2, -0.15) is 0 Å². The highest BCUT2D eigenvalue weighted by Gasteiger charge is 2.26. The Morgan fingerprint density at radius 1 is 1.10 bits per heavy atom. The first-order valence-electron chi connectivity index (χ1n) is 6.82. The van der Waals surface area contributed by atoms with Crippen LogP contribution in [0.2, 0.25) is 0 Å². The molecule has 1 heterocycles. The maximum atomic E-state index is 14.0. The van der Waals surface area contributed by atoms with Crippen molar-refractivity contribution in [3.63, 3.8) is 0 Å². The first kappa shape index (κ1) is 15.5. The van der Waals surface area contributed by atoms with Gasteiger partial charge in [0.2, 0.25) is 0 Å². The van der Waals surface area contributed by atoms with E-state index in [1.54, 1.807) is 24.5 Å². The van der Waals surface area contributed by atoms with Crippen molar-refractivity contribution in [1.29, 1.82) is 0 Å². The van der Waals surface area contributed by atoms with Crippen LogP contribution in [0.5, 0.6) is 0 Å². The van der Waals surface area contributed by atoms with Crippen LogP contribution in [0.15, 0.2) is 36.7 Å². The number of hydrogen-bond acceptors (Lipinski definition) is 2. The van der Waals surface area contributed by atoms with Crippen molar-refractivity contribution in [2.45, 2.75) is 25.8 Å². The molecule has 0 aliphatic rings. The zero-order valence-electron chi connectivity index (χ0n) is 11.9. The van der Waals surface area contributed by atoms with Gasteiger partial charge in [-0.25, -0.2) is 13.2 Å². The Labute approximate surface area is 122 Å². The number of rotatable bonds is 5. The summed E-state index contributed by atoms with van der Waals surface area (Å²) in [5.41, 5.74) is 0.765. The molecule has 5 heteroatoms. The van der Waals surface area contributed by atoms with Crippen molar-refractivity contribution in [3.05, 3.63) is 65.2 Å². The van der Waals surface area contributed by atoms with Crippen LogP contribution < -0.4 is 5.32 Å². The molecule has 1 N–H and O–H groups in total. The molecule has 0 aliphatic heterocycles. The molecule has 0 amide bonds. The number of pyridine rings is 1. The molecule has 0 radical (unpaired) electrons. The van der Waals surface area contributed by atoms with Crippen LogP contribution >= 0.6 is 0 Å². The highest BCUT2D eigenvalue weighted by Crippen LogP contribution is 2.33. The molecule has 2 aromatic rings. The number of aromatic nitrogens is 1. The van der Waals surface area contributed by atoms with E-state index in [9.17, 15) is 13.2 Å². The predicted octanol–water partition coefficient (Wildman–Crippen LogP) is 3.95. The minimum Gasteiger partial charge on any atom is -0.310 e. The summed E-state index contributed by atoms with van der Waals surface area (Å²) in [5, 5.41) is 3.08. The fraction of sp³-hybridized carbons (Fsp3) is 0.312. The smallest absolute Gasteiger partial charge is 0.133 e. The van der Waals surface area contributed by atoms with Crippen molar-refractivity contribution in [2.24, 2.45) is 0 Å². The van der Waals surface area contributed by atoms with Gasteiger partial charge >= 0.3 is 0 Å². The Balaban J connectivity index is 2.44. The third-order valence-corrected chi connectivity index (χ3v) is 3.51. The van der Waals surface area contributed by atoms with E-state index in [2.05, 4.69) is 10.3 Å². The van der Waals surface area contributed by atoms with Gasteiger partial charge in [0.25, 0.3) is 0 Å². The lowest BCUT2D eigenvalue weighted by Gasteiger charge is -2.26. The van der Waals surface area contributed by atoms with Gasteiger partial charge in [0.15, 0.2) is 0 Å². The van der Waals surface area contributed by atoms with Gasteiger partial charge in [-0.1, -0.05) is 13.8 Å². The largest absolute Gasteiger partial charge is 0.310 e. The van der Waals surface area contributed by atoms with Crippen molar-refractivity contribution in [2.75, 3.05) is 6.54 Å². The molecule has 112 valence electrons. The summed E-state index contributed by atoms with van der Waals surface area (Å²) >= 11 is 0. The molecule has 2 atom stereocenters. The molecule has 0 bridgehead atoms. The lowest BCUT2D eigenvalue weighted by Crippen LogP contribution is -2.27. The number of hydrogen-bond donors (Lipinski definition) is 1. The lowest BCUT2D eigenvalue weighted by molar-refractivity contribution is 0.424. The van der Waals surface area contributed by atoms with Crippen LogP contribution in [-0.2, 0) is 0 Å². The number of likely N-dealkylation sites (N-methyl/N-ethyl adjacent to an activating group) is 1. The fourth-order valence-electron chi connectivity index (χ4n) is 2.46. The molecule has 2 unspecified atom stereocenters. The Morgan fingerprint density at radius 3 is 2.19 bits per heavy atom. The number of benzene rings is 1. The average Bonchev–Trinajstić information content (AvgIpc) is 2.45.